The zero-order valence-electron chi connectivity index (χ0n) is 8.62. The van der Waals surface area contributed by atoms with Crippen molar-refractivity contribution in [2.45, 2.75) is 26.1 Å². The lowest BCUT2D eigenvalue weighted by Gasteiger charge is -2.11. The first kappa shape index (κ1) is 9.69. The second kappa shape index (κ2) is 4.58. The van der Waals surface area contributed by atoms with Gasteiger partial charge in [-0.3, -0.25) is 0 Å². The summed E-state index contributed by atoms with van der Waals surface area (Å²) in [7, 11) is 0. The van der Waals surface area contributed by atoms with Gasteiger partial charge >= 0.3 is 0 Å². The number of hydrogen-bond acceptors (Lipinski definition) is 2. The first-order valence-corrected chi connectivity index (χ1v) is 5.23. The standard InChI is InChI=1S/C12H17NO/c1-10-4-2-3-5-11(10)9-14-12-6-7-13-8-12/h2-5,12-13H,6-9H2,1H3/t12-/m1/s1. The smallest absolute Gasteiger partial charge is 0.0723 e. The average molecular weight is 191 g/mol. The van der Waals surface area contributed by atoms with E-state index in [-0.39, 0.29) is 0 Å². The molecular formula is C12H17NO. The molecule has 14 heavy (non-hydrogen) atoms. The largest absolute Gasteiger partial charge is 0.372 e. The summed E-state index contributed by atoms with van der Waals surface area (Å²) in [6.45, 7) is 4.98. The maximum Gasteiger partial charge on any atom is 0.0723 e. The van der Waals surface area contributed by atoms with Crippen molar-refractivity contribution >= 4 is 0 Å². The van der Waals surface area contributed by atoms with Crippen LogP contribution in [0, 0.1) is 6.92 Å². The molecule has 2 rings (SSSR count). The Hall–Kier alpha value is -0.860. The van der Waals surface area contributed by atoms with E-state index in [9.17, 15) is 0 Å². The first-order valence-electron chi connectivity index (χ1n) is 5.23. The predicted molar refractivity (Wildman–Crippen MR) is 57.2 cm³/mol. The van der Waals surface area contributed by atoms with Crippen LogP contribution in [0.2, 0.25) is 0 Å². The highest BCUT2D eigenvalue weighted by Gasteiger charge is 2.14. The molecule has 1 aliphatic heterocycles. The van der Waals surface area contributed by atoms with Crippen LogP contribution >= 0.6 is 0 Å². The summed E-state index contributed by atoms with van der Waals surface area (Å²) in [5.74, 6) is 0. The van der Waals surface area contributed by atoms with Crippen LogP contribution in [-0.2, 0) is 11.3 Å². The van der Waals surface area contributed by atoms with Crippen LogP contribution in [0.15, 0.2) is 24.3 Å². The summed E-state index contributed by atoms with van der Waals surface area (Å²) < 4.78 is 5.81. The van der Waals surface area contributed by atoms with Gasteiger partial charge in [-0.05, 0) is 31.0 Å². The lowest BCUT2D eigenvalue weighted by atomic mass is 10.1. The topological polar surface area (TPSA) is 21.3 Å². The maximum absolute atomic E-state index is 5.81. The van der Waals surface area contributed by atoms with Crippen molar-refractivity contribution in [3.05, 3.63) is 35.4 Å². The van der Waals surface area contributed by atoms with Crippen LogP contribution in [0.5, 0.6) is 0 Å². The van der Waals surface area contributed by atoms with Crippen molar-refractivity contribution in [1.29, 1.82) is 0 Å². The van der Waals surface area contributed by atoms with Crippen molar-refractivity contribution in [3.8, 4) is 0 Å². The number of ether oxygens (including phenoxy) is 1. The van der Waals surface area contributed by atoms with E-state index in [0.717, 1.165) is 26.1 Å². The predicted octanol–water partition coefficient (Wildman–Crippen LogP) is 1.87. The number of hydrogen-bond donors (Lipinski definition) is 1. The Bertz CT molecular complexity index is 292. The van der Waals surface area contributed by atoms with Crippen LogP contribution in [0.1, 0.15) is 17.5 Å². The van der Waals surface area contributed by atoms with Crippen molar-refractivity contribution in [2.75, 3.05) is 13.1 Å². The lowest BCUT2D eigenvalue weighted by molar-refractivity contribution is 0.0539. The Morgan fingerprint density at radius 2 is 2.29 bits per heavy atom. The molecule has 0 radical (unpaired) electrons. The number of nitrogens with one attached hydrogen (secondary N) is 1. The molecule has 0 amide bonds. The quantitative estimate of drug-likeness (QED) is 0.787. The van der Waals surface area contributed by atoms with Gasteiger partial charge in [0.1, 0.15) is 0 Å². The van der Waals surface area contributed by atoms with Gasteiger partial charge < -0.3 is 10.1 Å². The molecule has 76 valence electrons. The van der Waals surface area contributed by atoms with Crippen molar-refractivity contribution in [1.82, 2.24) is 5.32 Å². The third-order valence-electron chi connectivity index (χ3n) is 2.75. The molecule has 1 atom stereocenters. The third-order valence-corrected chi connectivity index (χ3v) is 2.75. The van der Waals surface area contributed by atoms with E-state index in [0.29, 0.717) is 6.10 Å². The highest BCUT2D eigenvalue weighted by molar-refractivity contribution is 5.24. The maximum atomic E-state index is 5.81. The minimum Gasteiger partial charge on any atom is -0.372 e. The normalized spacial score (nSPS) is 21.4. The SMILES string of the molecule is Cc1ccccc1CO[C@@H]1CCNC1. The Balaban J connectivity index is 1.88. The van der Waals surface area contributed by atoms with Gasteiger partial charge in [-0.15, -0.1) is 0 Å². The molecule has 1 saturated heterocycles. The van der Waals surface area contributed by atoms with Gasteiger partial charge in [-0.1, -0.05) is 24.3 Å². The number of benzene rings is 1. The van der Waals surface area contributed by atoms with Crippen LogP contribution in [0.4, 0.5) is 0 Å². The summed E-state index contributed by atoms with van der Waals surface area (Å²) in [6, 6.07) is 8.40. The summed E-state index contributed by atoms with van der Waals surface area (Å²) >= 11 is 0. The highest BCUT2D eigenvalue weighted by atomic mass is 16.5. The van der Waals surface area contributed by atoms with E-state index < -0.39 is 0 Å². The molecule has 1 aromatic rings. The Labute approximate surface area is 85.3 Å². The molecule has 0 aromatic heterocycles. The lowest BCUT2D eigenvalue weighted by Crippen LogP contribution is -2.16. The van der Waals surface area contributed by atoms with Crippen LogP contribution in [-0.4, -0.2) is 19.2 Å². The molecule has 1 N–H and O–H groups in total. The molecule has 1 aromatic carbocycles. The number of rotatable bonds is 3. The summed E-state index contributed by atoms with van der Waals surface area (Å²) in [4.78, 5) is 0. The average Bonchev–Trinajstić information content (AvgIpc) is 2.69. The molecule has 0 spiro atoms. The minimum absolute atomic E-state index is 0.412. The molecule has 1 aliphatic rings. The fourth-order valence-electron chi connectivity index (χ4n) is 1.75. The van der Waals surface area contributed by atoms with Gasteiger partial charge in [0.15, 0.2) is 0 Å². The molecular weight excluding hydrogens is 174 g/mol. The molecule has 0 bridgehead atoms. The fraction of sp³-hybridized carbons (Fsp3) is 0.500. The Kier molecular flexibility index (Phi) is 3.17. The van der Waals surface area contributed by atoms with E-state index in [4.69, 9.17) is 4.74 Å². The summed E-state index contributed by atoms with van der Waals surface area (Å²) in [6.07, 6.45) is 1.56. The summed E-state index contributed by atoms with van der Waals surface area (Å²) in [5.41, 5.74) is 2.62. The van der Waals surface area contributed by atoms with Crippen LogP contribution in [0.25, 0.3) is 0 Å². The Morgan fingerprint density at radius 3 is 3.00 bits per heavy atom. The third kappa shape index (κ3) is 2.34. The molecule has 1 heterocycles. The molecule has 2 heteroatoms. The van der Waals surface area contributed by atoms with Gasteiger partial charge in [0.05, 0.1) is 12.7 Å². The Morgan fingerprint density at radius 1 is 1.43 bits per heavy atom. The first-order chi connectivity index (χ1) is 6.86. The van der Waals surface area contributed by atoms with Crippen LogP contribution < -0.4 is 5.32 Å². The van der Waals surface area contributed by atoms with E-state index >= 15 is 0 Å². The second-order valence-corrected chi connectivity index (χ2v) is 3.85. The number of aryl methyl sites for hydroxylation is 1. The van der Waals surface area contributed by atoms with Gasteiger partial charge in [0, 0.05) is 6.54 Å². The van der Waals surface area contributed by atoms with Gasteiger partial charge in [0.2, 0.25) is 0 Å². The van der Waals surface area contributed by atoms with Crippen molar-refractivity contribution < 1.29 is 4.74 Å². The second-order valence-electron chi connectivity index (χ2n) is 3.85. The molecule has 0 saturated carbocycles. The highest BCUT2D eigenvalue weighted by Crippen LogP contribution is 2.11. The molecule has 0 unspecified atom stereocenters. The van der Waals surface area contributed by atoms with Crippen molar-refractivity contribution in [3.63, 3.8) is 0 Å². The fourth-order valence-corrected chi connectivity index (χ4v) is 1.75. The monoisotopic (exact) mass is 191 g/mol. The van der Waals surface area contributed by atoms with Gasteiger partial charge in [-0.2, -0.15) is 0 Å². The van der Waals surface area contributed by atoms with Gasteiger partial charge in [-0.25, -0.2) is 0 Å². The van der Waals surface area contributed by atoms with Gasteiger partial charge in [0.25, 0.3) is 0 Å². The van der Waals surface area contributed by atoms with Crippen LogP contribution in [0.3, 0.4) is 0 Å². The van der Waals surface area contributed by atoms with Crippen molar-refractivity contribution in [2.24, 2.45) is 0 Å². The zero-order valence-corrected chi connectivity index (χ0v) is 8.62. The van der Waals surface area contributed by atoms with E-state index in [1.807, 2.05) is 0 Å². The summed E-state index contributed by atoms with van der Waals surface area (Å²) in [5, 5.41) is 3.30. The molecule has 1 fully saturated rings. The molecule has 2 nitrogen and oxygen atoms in total. The zero-order chi connectivity index (χ0) is 9.80. The van der Waals surface area contributed by atoms with E-state index in [2.05, 4.69) is 36.5 Å². The van der Waals surface area contributed by atoms with E-state index in [1.54, 1.807) is 0 Å². The van der Waals surface area contributed by atoms with E-state index in [1.165, 1.54) is 11.1 Å². The minimum atomic E-state index is 0.412. The molecule has 0 aliphatic carbocycles.